The molecule has 1 N–H and O–H groups in total. The molecular formula is C18H24ClN3O. The predicted molar refractivity (Wildman–Crippen MR) is 94.0 cm³/mol. The molecule has 2 heterocycles. The first-order valence-electron chi connectivity index (χ1n) is 8.58. The maximum Gasteiger partial charge on any atom is 0.258 e. The van der Waals surface area contributed by atoms with E-state index in [9.17, 15) is 4.79 Å². The van der Waals surface area contributed by atoms with Gasteiger partial charge in [0.25, 0.3) is 5.56 Å². The molecule has 1 fully saturated rings. The Labute approximate surface area is 141 Å². The molecule has 23 heavy (non-hydrogen) atoms. The molecule has 1 saturated carbocycles. The van der Waals surface area contributed by atoms with Crippen molar-refractivity contribution in [3.05, 3.63) is 45.5 Å². The summed E-state index contributed by atoms with van der Waals surface area (Å²) in [6.07, 6.45) is 9.34. The third kappa shape index (κ3) is 3.93. The molecule has 0 amide bonds. The lowest BCUT2D eigenvalue weighted by atomic mass is 9.97. The number of hydrogen-bond acceptors (Lipinski definition) is 3. The molecule has 2 unspecified atom stereocenters. The summed E-state index contributed by atoms with van der Waals surface area (Å²) in [7, 11) is 0. The van der Waals surface area contributed by atoms with Crippen LogP contribution >= 0.6 is 11.6 Å². The van der Waals surface area contributed by atoms with Gasteiger partial charge in [-0.3, -0.25) is 9.20 Å². The molecule has 5 heteroatoms. The van der Waals surface area contributed by atoms with Crippen LogP contribution in [0, 0.1) is 5.92 Å². The molecule has 2 atom stereocenters. The van der Waals surface area contributed by atoms with E-state index < -0.39 is 0 Å². The molecule has 1 aliphatic carbocycles. The van der Waals surface area contributed by atoms with Crippen LogP contribution in [0.5, 0.6) is 0 Å². The average molecular weight is 334 g/mol. The van der Waals surface area contributed by atoms with E-state index in [1.54, 1.807) is 24.4 Å². The Kier molecular flexibility index (Phi) is 5.34. The second-order valence-electron chi connectivity index (χ2n) is 6.48. The summed E-state index contributed by atoms with van der Waals surface area (Å²) in [5, 5.41) is 4.16. The van der Waals surface area contributed by atoms with Crippen LogP contribution in [0.4, 0.5) is 0 Å². The van der Waals surface area contributed by atoms with Gasteiger partial charge in [0.05, 0.1) is 10.7 Å². The number of fused-ring (bicyclic) bond motifs is 1. The highest BCUT2D eigenvalue weighted by molar-refractivity contribution is 6.30. The third-order valence-corrected chi connectivity index (χ3v) is 5.03. The van der Waals surface area contributed by atoms with Crippen molar-refractivity contribution in [3.8, 4) is 0 Å². The Hall–Kier alpha value is -1.39. The number of rotatable bonds is 6. The minimum Gasteiger partial charge on any atom is -0.308 e. The number of halogens is 1. The first-order valence-corrected chi connectivity index (χ1v) is 8.96. The molecule has 2 aromatic rings. The number of pyridine rings is 1. The highest BCUT2D eigenvalue weighted by atomic mass is 35.5. The van der Waals surface area contributed by atoms with Gasteiger partial charge >= 0.3 is 0 Å². The summed E-state index contributed by atoms with van der Waals surface area (Å²) < 4.78 is 1.49. The Balaban J connectivity index is 1.69. The highest BCUT2D eigenvalue weighted by Gasteiger charge is 2.26. The minimum absolute atomic E-state index is 0.0803. The van der Waals surface area contributed by atoms with Gasteiger partial charge in [-0.1, -0.05) is 37.8 Å². The van der Waals surface area contributed by atoms with E-state index in [0.717, 1.165) is 11.6 Å². The zero-order valence-corrected chi connectivity index (χ0v) is 14.4. The van der Waals surface area contributed by atoms with Gasteiger partial charge in [0, 0.05) is 24.8 Å². The maximum atomic E-state index is 12.2. The highest BCUT2D eigenvalue weighted by Crippen LogP contribution is 2.30. The second-order valence-corrected chi connectivity index (χ2v) is 6.92. The summed E-state index contributed by atoms with van der Waals surface area (Å²) in [5.41, 5.74) is 1.37. The van der Waals surface area contributed by atoms with Crippen LogP contribution in [-0.2, 0) is 6.54 Å². The van der Waals surface area contributed by atoms with E-state index in [-0.39, 0.29) is 5.56 Å². The fourth-order valence-electron chi connectivity index (χ4n) is 3.57. The predicted octanol–water partition coefficient (Wildman–Crippen LogP) is 3.80. The van der Waals surface area contributed by atoms with Crippen molar-refractivity contribution in [2.24, 2.45) is 5.92 Å². The lowest BCUT2D eigenvalue weighted by Crippen LogP contribution is -2.32. The number of nitrogens with zero attached hydrogens (tertiary/aromatic N) is 2. The summed E-state index contributed by atoms with van der Waals surface area (Å²) >= 11 is 5.94. The van der Waals surface area contributed by atoms with Gasteiger partial charge in [-0.05, 0) is 37.3 Å². The van der Waals surface area contributed by atoms with Crippen LogP contribution in [0.3, 0.4) is 0 Å². The zero-order chi connectivity index (χ0) is 16.2. The lowest BCUT2D eigenvalue weighted by molar-refractivity contribution is 0.367. The molecule has 124 valence electrons. The zero-order valence-electron chi connectivity index (χ0n) is 13.6. The Bertz CT molecular complexity index is 728. The smallest absolute Gasteiger partial charge is 0.258 e. The molecule has 0 bridgehead atoms. The summed E-state index contributed by atoms with van der Waals surface area (Å²) in [6.45, 7) is 2.90. The average Bonchev–Trinajstić information content (AvgIpc) is 2.99. The van der Waals surface area contributed by atoms with E-state index >= 15 is 0 Å². The Morgan fingerprint density at radius 2 is 2.26 bits per heavy atom. The SMILES string of the molecule is CCCCC1CCCC1NCc1cc(=O)n2cc(Cl)ccc2n1. The van der Waals surface area contributed by atoms with Gasteiger partial charge < -0.3 is 5.32 Å². The minimum atomic E-state index is -0.0803. The largest absolute Gasteiger partial charge is 0.308 e. The number of unbranched alkanes of at least 4 members (excludes halogenated alkanes) is 1. The monoisotopic (exact) mass is 333 g/mol. The Morgan fingerprint density at radius 3 is 3.09 bits per heavy atom. The van der Waals surface area contributed by atoms with Crippen LogP contribution in [0.2, 0.25) is 5.02 Å². The second kappa shape index (κ2) is 7.45. The molecule has 1 aliphatic rings. The van der Waals surface area contributed by atoms with Gasteiger partial charge in [0.2, 0.25) is 0 Å². The molecule has 4 nitrogen and oxygen atoms in total. The molecule has 0 aromatic carbocycles. The third-order valence-electron chi connectivity index (χ3n) is 4.81. The van der Waals surface area contributed by atoms with Gasteiger partial charge in [0.15, 0.2) is 0 Å². The van der Waals surface area contributed by atoms with Crippen LogP contribution in [0.1, 0.15) is 51.1 Å². The fraction of sp³-hybridized carbons (Fsp3) is 0.556. The molecular weight excluding hydrogens is 310 g/mol. The van der Waals surface area contributed by atoms with E-state index in [0.29, 0.717) is 23.3 Å². The fourth-order valence-corrected chi connectivity index (χ4v) is 3.73. The normalized spacial score (nSPS) is 21.1. The van der Waals surface area contributed by atoms with Gasteiger partial charge in [0.1, 0.15) is 5.65 Å². The van der Waals surface area contributed by atoms with Crippen molar-refractivity contribution in [1.29, 1.82) is 0 Å². The van der Waals surface area contributed by atoms with E-state index in [1.807, 2.05) is 0 Å². The molecule has 0 radical (unpaired) electrons. The lowest BCUT2D eigenvalue weighted by Gasteiger charge is -2.20. The molecule has 3 rings (SSSR count). The summed E-state index contributed by atoms with van der Waals surface area (Å²) in [6, 6.07) is 5.71. The van der Waals surface area contributed by atoms with E-state index in [1.165, 1.54) is 42.9 Å². The first kappa shape index (κ1) is 16.5. The van der Waals surface area contributed by atoms with Gasteiger partial charge in [-0.15, -0.1) is 0 Å². The quantitative estimate of drug-likeness (QED) is 0.874. The first-order chi connectivity index (χ1) is 11.2. The van der Waals surface area contributed by atoms with Crippen molar-refractivity contribution in [2.75, 3.05) is 0 Å². The number of aromatic nitrogens is 2. The van der Waals surface area contributed by atoms with Crippen LogP contribution < -0.4 is 10.9 Å². The van der Waals surface area contributed by atoms with Gasteiger partial charge in [-0.25, -0.2) is 4.98 Å². The molecule has 2 aromatic heterocycles. The van der Waals surface area contributed by atoms with Crippen LogP contribution in [0.25, 0.3) is 5.65 Å². The molecule has 0 aliphatic heterocycles. The van der Waals surface area contributed by atoms with Crippen molar-refractivity contribution >= 4 is 17.2 Å². The summed E-state index contributed by atoms with van der Waals surface area (Å²) in [5.74, 6) is 0.773. The number of nitrogens with one attached hydrogen (secondary N) is 1. The van der Waals surface area contributed by atoms with Crippen molar-refractivity contribution < 1.29 is 0 Å². The summed E-state index contributed by atoms with van der Waals surface area (Å²) in [4.78, 5) is 16.8. The topological polar surface area (TPSA) is 46.4 Å². The van der Waals surface area contributed by atoms with Crippen molar-refractivity contribution in [1.82, 2.24) is 14.7 Å². The van der Waals surface area contributed by atoms with Crippen LogP contribution in [-0.4, -0.2) is 15.4 Å². The maximum absolute atomic E-state index is 12.2. The van der Waals surface area contributed by atoms with E-state index in [4.69, 9.17) is 11.6 Å². The van der Waals surface area contributed by atoms with Crippen molar-refractivity contribution in [3.63, 3.8) is 0 Å². The van der Waals surface area contributed by atoms with E-state index in [2.05, 4.69) is 17.2 Å². The number of hydrogen-bond donors (Lipinski definition) is 1. The molecule has 0 saturated heterocycles. The van der Waals surface area contributed by atoms with Crippen LogP contribution in [0.15, 0.2) is 29.2 Å². The van der Waals surface area contributed by atoms with Crippen molar-refractivity contribution in [2.45, 2.75) is 58.0 Å². The molecule has 0 spiro atoms. The van der Waals surface area contributed by atoms with Gasteiger partial charge in [-0.2, -0.15) is 0 Å². The Morgan fingerprint density at radius 1 is 1.39 bits per heavy atom. The standard InChI is InChI=1S/C18H24ClN3O/c1-2-3-5-13-6-4-7-16(13)20-11-15-10-18(23)22-12-14(19)8-9-17(22)21-15/h8-10,12-13,16,20H,2-7,11H2,1H3.